The van der Waals surface area contributed by atoms with E-state index in [9.17, 15) is 9.59 Å². The number of fused-ring (bicyclic) bond motifs is 1. The maximum Gasteiger partial charge on any atom is 0.253 e. The number of rotatable bonds is 14. The summed E-state index contributed by atoms with van der Waals surface area (Å²) in [6, 6.07) is 36.0. The van der Waals surface area contributed by atoms with E-state index in [2.05, 4.69) is 58.7 Å². The molecule has 1 aromatic heterocycles. The number of nitrogens with zero attached hydrogens (tertiary/aromatic N) is 2. The lowest BCUT2D eigenvalue weighted by atomic mass is 9.99. The molecule has 0 fully saturated rings. The predicted molar refractivity (Wildman–Crippen MR) is 185 cm³/mol. The molecule has 0 saturated heterocycles. The van der Waals surface area contributed by atoms with Crippen LogP contribution in [0.4, 0.5) is 0 Å². The lowest BCUT2D eigenvalue weighted by Gasteiger charge is -2.35. The van der Waals surface area contributed by atoms with Crippen molar-refractivity contribution in [1.82, 2.24) is 15.1 Å². The molecule has 2 amide bonds. The van der Waals surface area contributed by atoms with Crippen LogP contribution < -0.4 is 11.1 Å². The first-order chi connectivity index (χ1) is 21.9. The zero-order valence-electron chi connectivity index (χ0n) is 26.1. The van der Waals surface area contributed by atoms with Crippen LogP contribution in [0.1, 0.15) is 31.9 Å². The monoisotopic (exact) mass is 618 g/mol. The fraction of sp³-hybridized carbons (Fsp3) is 0.263. The van der Waals surface area contributed by atoms with Gasteiger partial charge in [0.1, 0.15) is 0 Å². The van der Waals surface area contributed by atoms with Gasteiger partial charge in [0.2, 0.25) is 5.91 Å². The Balaban J connectivity index is 1.38. The van der Waals surface area contributed by atoms with Crippen molar-refractivity contribution in [2.45, 2.75) is 37.9 Å². The van der Waals surface area contributed by atoms with Crippen LogP contribution >= 0.6 is 11.3 Å². The van der Waals surface area contributed by atoms with E-state index >= 15 is 0 Å². The maximum atomic E-state index is 13.9. The average molecular weight is 619 g/mol. The quantitative estimate of drug-likeness (QED) is 0.161. The Hall–Kier alpha value is -4.30. The van der Waals surface area contributed by atoms with Crippen molar-refractivity contribution in [2.75, 3.05) is 27.2 Å². The summed E-state index contributed by atoms with van der Waals surface area (Å²) in [6.07, 6.45) is 2.02. The highest BCUT2D eigenvalue weighted by molar-refractivity contribution is 7.09. The van der Waals surface area contributed by atoms with Gasteiger partial charge in [-0.25, -0.2) is 0 Å². The molecule has 5 rings (SSSR count). The van der Waals surface area contributed by atoms with Gasteiger partial charge in [-0.15, -0.1) is 11.3 Å². The van der Waals surface area contributed by atoms with Crippen LogP contribution in [-0.4, -0.2) is 60.9 Å². The summed E-state index contributed by atoms with van der Waals surface area (Å²) >= 11 is 1.66. The molecule has 45 heavy (non-hydrogen) atoms. The van der Waals surface area contributed by atoms with Gasteiger partial charge in [0.25, 0.3) is 5.91 Å². The van der Waals surface area contributed by atoms with Crippen molar-refractivity contribution < 1.29 is 9.59 Å². The van der Waals surface area contributed by atoms with Crippen molar-refractivity contribution in [2.24, 2.45) is 5.73 Å². The van der Waals surface area contributed by atoms with E-state index in [1.165, 1.54) is 16.3 Å². The average Bonchev–Trinajstić information content (AvgIpc) is 3.60. The minimum Gasteiger partial charge on any atom is -0.354 e. The molecule has 5 aromatic rings. The van der Waals surface area contributed by atoms with E-state index in [0.717, 1.165) is 22.4 Å². The SMILES string of the molecule is CN(C[C@@H](Cc1ccc2ccccc2c1)N(C)C(=O)c1cccc(CN)c1)[C@H](Cc1cccs1)C(=O)NCCc1ccccc1. The number of hydrogen-bond acceptors (Lipinski definition) is 5. The number of nitrogens with one attached hydrogen (secondary N) is 1. The van der Waals surface area contributed by atoms with E-state index in [1.54, 1.807) is 11.3 Å². The Morgan fingerprint density at radius 2 is 1.53 bits per heavy atom. The highest BCUT2D eigenvalue weighted by Crippen LogP contribution is 2.21. The molecule has 0 aliphatic heterocycles. The summed E-state index contributed by atoms with van der Waals surface area (Å²) in [5.74, 6) is -0.0671. The summed E-state index contributed by atoms with van der Waals surface area (Å²) in [4.78, 5) is 32.7. The third kappa shape index (κ3) is 8.66. The first kappa shape index (κ1) is 32.1. The second-order valence-corrected chi connectivity index (χ2v) is 12.7. The number of benzene rings is 4. The zero-order valence-corrected chi connectivity index (χ0v) is 26.9. The Labute approximate surface area is 270 Å². The van der Waals surface area contributed by atoms with E-state index < -0.39 is 0 Å². The summed E-state index contributed by atoms with van der Waals surface area (Å²) in [6.45, 7) is 1.46. The lowest BCUT2D eigenvalue weighted by Crippen LogP contribution is -2.52. The number of nitrogens with two attached hydrogens (primary N) is 1. The Morgan fingerprint density at radius 1 is 0.778 bits per heavy atom. The topological polar surface area (TPSA) is 78.7 Å². The lowest BCUT2D eigenvalue weighted by molar-refractivity contribution is -0.126. The molecule has 0 bridgehead atoms. The predicted octanol–water partition coefficient (Wildman–Crippen LogP) is 5.95. The summed E-state index contributed by atoms with van der Waals surface area (Å²) < 4.78 is 0. The molecule has 0 saturated carbocycles. The van der Waals surface area contributed by atoms with Crippen molar-refractivity contribution in [1.29, 1.82) is 0 Å². The molecule has 6 nitrogen and oxygen atoms in total. The number of carbonyl (C=O) groups excluding carboxylic acids is 2. The second kappa shape index (κ2) is 15.6. The fourth-order valence-electron chi connectivity index (χ4n) is 5.78. The molecule has 0 aliphatic rings. The van der Waals surface area contributed by atoms with Crippen LogP contribution in [0, 0.1) is 0 Å². The summed E-state index contributed by atoms with van der Waals surface area (Å²) in [5.41, 5.74) is 9.75. The number of carbonyl (C=O) groups is 2. The molecule has 0 spiro atoms. The Morgan fingerprint density at radius 3 is 2.29 bits per heavy atom. The second-order valence-electron chi connectivity index (χ2n) is 11.6. The Bertz CT molecular complexity index is 1690. The number of amides is 2. The van der Waals surface area contributed by atoms with Gasteiger partial charge in [-0.2, -0.15) is 0 Å². The molecule has 2 atom stereocenters. The van der Waals surface area contributed by atoms with E-state index in [1.807, 2.05) is 85.0 Å². The summed E-state index contributed by atoms with van der Waals surface area (Å²) in [5, 5.41) is 7.58. The Kier molecular flexibility index (Phi) is 11.1. The van der Waals surface area contributed by atoms with Gasteiger partial charge in [-0.3, -0.25) is 14.5 Å². The first-order valence-corrected chi connectivity index (χ1v) is 16.4. The first-order valence-electron chi connectivity index (χ1n) is 15.5. The number of hydrogen-bond donors (Lipinski definition) is 2. The smallest absolute Gasteiger partial charge is 0.253 e. The van der Waals surface area contributed by atoms with Crippen molar-refractivity contribution in [3.63, 3.8) is 0 Å². The molecule has 3 N–H and O–H groups in total. The fourth-order valence-corrected chi connectivity index (χ4v) is 6.53. The van der Waals surface area contributed by atoms with Gasteiger partial charge >= 0.3 is 0 Å². The van der Waals surface area contributed by atoms with Crippen molar-refractivity contribution in [3.8, 4) is 0 Å². The molecule has 1 heterocycles. The van der Waals surface area contributed by atoms with Crippen LogP contribution in [0.25, 0.3) is 10.8 Å². The zero-order chi connectivity index (χ0) is 31.6. The molecule has 232 valence electrons. The van der Waals surface area contributed by atoms with Crippen molar-refractivity contribution in [3.05, 3.63) is 142 Å². The highest BCUT2D eigenvalue weighted by Gasteiger charge is 2.29. The van der Waals surface area contributed by atoms with Crippen molar-refractivity contribution >= 4 is 33.9 Å². The van der Waals surface area contributed by atoms with E-state index in [-0.39, 0.29) is 23.9 Å². The van der Waals surface area contributed by atoms with Gasteiger partial charge in [0.05, 0.1) is 6.04 Å². The minimum absolute atomic E-state index is 0.00378. The third-order valence-corrected chi connectivity index (χ3v) is 9.33. The van der Waals surface area contributed by atoms with Gasteiger partial charge in [0, 0.05) is 49.6 Å². The van der Waals surface area contributed by atoms with E-state index in [4.69, 9.17) is 5.73 Å². The minimum atomic E-state index is -0.386. The molecular formula is C38H42N4O2S. The molecule has 0 aliphatic carbocycles. The highest BCUT2D eigenvalue weighted by atomic mass is 32.1. The van der Waals surface area contributed by atoms with Gasteiger partial charge < -0.3 is 16.0 Å². The number of likely N-dealkylation sites (N-methyl/N-ethyl adjacent to an activating group) is 2. The molecule has 4 aromatic carbocycles. The van der Waals surface area contributed by atoms with Gasteiger partial charge in [-0.05, 0) is 70.9 Å². The third-order valence-electron chi connectivity index (χ3n) is 8.43. The van der Waals surface area contributed by atoms with Crippen LogP contribution in [0.15, 0.2) is 115 Å². The van der Waals surface area contributed by atoms with Gasteiger partial charge in [0.15, 0.2) is 0 Å². The van der Waals surface area contributed by atoms with Gasteiger partial charge in [-0.1, -0.05) is 91.0 Å². The molecule has 7 heteroatoms. The number of thiophene rings is 1. The molecular weight excluding hydrogens is 577 g/mol. The molecule has 0 unspecified atom stereocenters. The van der Waals surface area contributed by atoms with Crippen LogP contribution in [0.2, 0.25) is 0 Å². The maximum absolute atomic E-state index is 13.9. The van der Waals surface area contributed by atoms with Crippen LogP contribution in [0.3, 0.4) is 0 Å². The largest absolute Gasteiger partial charge is 0.354 e. The van der Waals surface area contributed by atoms with Crippen LogP contribution in [0.5, 0.6) is 0 Å². The standard InChI is InChI=1S/C38H42N4O2S/c1-41(36(25-35-16-9-21-45-35)37(43)40-20-19-28-10-4-3-5-11-28)27-34(24-29-17-18-31-13-6-7-14-32(31)22-29)42(2)38(44)33-15-8-12-30(23-33)26-39/h3-18,21-23,34,36H,19-20,24-27,39H2,1-2H3,(H,40,43)/t34-,36-/m1/s1. The van der Waals surface area contributed by atoms with E-state index in [0.29, 0.717) is 38.0 Å². The summed E-state index contributed by atoms with van der Waals surface area (Å²) in [7, 11) is 3.86. The van der Waals surface area contributed by atoms with Crippen LogP contribution in [-0.2, 0) is 30.6 Å². The molecule has 0 radical (unpaired) electrons. The normalized spacial score (nSPS) is 12.6.